The van der Waals surface area contributed by atoms with Crippen LogP contribution in [0.4, 0.5) is 18.9 Å². The molecule has 0 unspecified atom stereocenters. The summed E-state index contributed by atoms with van der Waals surface area (Å²) in [5, 5.41) is 10.7. The van der Waals surface area contributed by atoms with Gasteiger partial charge in [0.1, 0.15) is 5.75 Å². The third-order valence-corrected chi connectivity index (χ3v) is 3.45. The van der Waals surface area contributed by atoms with Gasteiger partial charge in [0.25, 0.3) is 5.69 Å². The second-order valence-corrected chi connectivity index (χ2v) is 5.57. The van der Waals surface area contributed by atoms with E-state index >= 15 is 0 Å². The zero-order chi connectivity index (χ0) is 20.0. The zero-order valence-electron chi connectivity index (χ0n) is 14.1. The number of nitro groups is 1. The highest BCUT2D eigenvalue weighted by molar-refractivity contribution is 5.91. The molecule has 0 aliphatic heterocycles. The molecule has 0 saturated heterocycles. The first-order chi connectivity index (χ1) is 12.6. The number of ether oxygens (including phenoxy) is 1. The average Bonchev–Trinajstić information content (AvgIpc) is 2.60. The predicted molar refractivity (Wildman–Crippen MR) is 91.7 cm³/mol. The van der Waals surface area contributed by atoms with Crippen LogP contribution in [0.25, 0.3) is 6.08 Å². The Kier molecular flexibility index (Phi) is 6.17. The average molecular weight is 380 g/mol. The molecule has 0 aliphatic carbocycles. The SMILES string of the molecule is CN(Cc1ccc(OC(F)(F)F)cc1)C(=O)/C=C/c1cccc([N+](=O)[O-])c1. The summed E-state index contributed by atoms with van der Waals surface area (Å²) in [6.07, 6.45) is -2.04. The van der Waals surface area contributed by atoms with Crippen LogP contribution in [-0.2, 0) is 11.3 Å². The van der Waals surface area contributed by atoms with Gasteiger partial charge >= 0.3 is 6.36 Å². The minimum Gasteiger partial charge on any atom is -0.406 e. The molecule has 0 fully saturated rings. The predicted octanol–water partition coefficient (Wildman–Crippen LogP) is 4.17. The second kappa shape index (κ2) is 8.35. The molecule has 2 aromatic carbocycles. The maximum absolute atomic E-state index is 12.1. The number of carbonyl (C=O) groups excluding carboxylic acids is 1. The Labute approximate surface area is 152 Å². The minimum absolute atomic E-state index is 0.0841. The Morgan fingerprint density at radius 1 is 1.22 bits per heavy atom. The van der Waals surface area contributed by atoms with Gasteiger partial charge in [-0.1, -0.05) is 24.3 Å². The van der Waals surface area contributed by atoms with Crippen LogP contribution in [0.2, 0.25) is 0 Å². The van der Waals surface area contributed by atoms with Gasteiger partial charge in [0.05, 0.1) is 4.92 Å². The third kappa shape index (κ3) is 6.46. The molecule has 0 aliphatic rings. The number of hydrogen-bond donors (Lipinski definition) is 0. The molecular weight excluding hydrogens is 365 g/mol. The molecule has 2 aromatic rings. The molecule has 0 heterocycles. The Balaban J connectivity index is 1.97. The van der Waals surface area contributed by atoms with Crippen molar-refractivity contribution in [1.82, 2.24) is 4.90 Å². The molecule has 27 heavy (non-hydrogen) atoms. The smallest absolute Gasteiger partial charge is 0.406 e. The van der Waals surface area contributed by atoms with E-state index in [0.717, 1.165) is 0 Å². The van der Waals surface area contributed by atoms with Crippen molar-refractivity contribution in [2.75, 3.05) is 7.05 Å². The summed E-state index contributed by atoms with van der Waals surface area (Å²) in [5.74, 6) is -0.706. The Morgan fingerprint density at radius 3 is 2.48 bits per heavy atom. The molecule has 0 N–H and O–H groups in total. The van der Waals surface area contributed by atoms with Crippen molar-refractivity contribution in [1.29, 1.82) is 0 Å². The van der Waals surface area contributed by atoms with Crippen LogP contribution in [0.15, 0.2) is 54.6 Å². The summed E-state index contributed by atoms with van der Waals surface area (Å²) in [7, 11) is 1.53. The van der Waals surface area contributed by atoms with Crippen LogP contribution in [0.1, 0.15) is 11.1 Å². The highest BCUT2D eigenvalue weighted by Crippen LogP contribution is 2.23. The van der Waals surface area contributed by atoms with E-state index in [2.05, 4.69) is 4.74 Å². The molecule has 0 bridgehead atoms. The van der Waals surface area contributed by atoms with Crippen molar-refractivity contribution >= 4 is 17.7 Å². The number of halogens is 3. The van der Waals surface area contributed by atoms with Gasteiger partial charge in [-0.15, -0.1) is 13.2 Å². The second-order valence-electron chi connectivity index (χ2n) is 5.57. The quantitative estimate of drug-likeness (QED) is 0.428. The number of non-ortho nitro benzene ring substituents is 1. The van der Waals surface area contributed by atoms with Gasteiger partial charge in [0.15, 0.2) is 0 Å². The highest BCUT2D eigenvalue weighted by atomic mass is 19.4. The summed E-state index contributed by atoms with van der Waals surface area (Å²) in [4.78, 5) is 23.7. The number of hydrogen-bond acceptors (Lipinski definition) is 4. The number of alkyl halides is 3. The van der Waals surface area contributed by atoms with Gasteiger partial charge in [-0.25, -0.2) is 0 Å². The number of nitrogens with zero attached hydrogens (tertiary/aromatic N) is 2. The molecule has 9 heteroatoms. The standard InChI is InChI=1S/C18H15F3N2O4/c1-22(12-14-5-8-16(9-6-14)27-18(19,20)21)17(24)10-7-13-3-2-4-15(11-13)23(25)26/h2-11H,12H2,1H3/b10-7+. The van der Waals surface area contributed by atoms with E-state index in [1.54, 1.807) is 6.07 Å². The van der Waals surface area contributed by atoms with Gasteiger partial charge in [-0.05, 0) is 29.3 Å². The van der Waals surface area contributed by atoms with Gasteiger partial charge in [-0.2, -0.15) is 0 Å². The fraction of sp³-hybridized carbons (Fsp3) is 0.167. The van der Waals surface area contributed by atoms with E-state index in [1.807, 2.05) is 0 Å². The van der Waals surface area contributed by atoms with Crippen LogP contribution in [-0.4, -0.2) is 29.1 Å². The third-order valence-electron chi connectivity index (χ3n) is 3.45. The van der Waals surface area contributed by atoms with Crippen molar-refractivity contribution in [3.8, 4) is 5.75 Å². The van der Waals surface area contributed by atoms with Crippen LogP contribution < -0.4 is 4.74 Å². The topological polar surface area (TPSA) is 72.7 Å². The van der Waals surface area contributed by atoms with E-state index in [4.69, 9.17) is 0 Å². The highest BCUT2D eigenvalue weighted by Gasteiger charge is 2.30. The Bertz CT molecular complexity index is 848. The fourth-order valence-electron chi connectivity index (χ4n) is 2.19. The minimum atomic E-state index is -4.76. The number of likely N-dealkylation sites (N-methyl/N-ethyl adjacent to an activating group) is 1. The Hall–Kier alpha value is -3.36. The zero-order valence-corrected chi connectivity index (χ0v) is 14.1. The molecule has 1 amide bonds. The number of nitro benzene ring substituents is 1. The normalized spacial score (nSPS) is 11.4. The molecule has 2 rings (SSSR count). The monoisotopic (exact) mass is 380 g/mol. The van der Waals surface area contributed by atoms with Crippen LogP contribution >= 0.6 is 0 Å². The summed E-state index contributed by atoms with van der Waals surface area (Å²) in [6.45, 7) is 0.171. The first-order valence-corrected chi connectivity index (χ1v) is 7.66. The maximum Gasteiger partial charge on any atom is 0.573 e. The first-order valence-electron chi connectivity index (χ1n) is 7.66. The van der Waals surface area contributed by atoms with Gasteiger partial charge in [0, 0.05) is 31.8 Å². The Morgan fingerprint density at radius 2 is 1.89 bits per heavy atom. The van der Waals surface area contributed by atoms with Crippen molar-refractivity contribution < 1.29 is 27.6 Å². The fourth-order valence-corrected chi connectivity index (χ4v) is 2.19. The van der Waals surface area contributed by atoms with Gasteiger partial charge in [0.2, 0.25) is 5.91 Å². The maximum atomic E-state index is 12.1. The van der Waals surface area contributed by atoms with Crippen molar-refractivity contribution in [3.63, 3.8) is 0 Å². The summed E-state index contributed by atoms with van der Waals surface area (Å²) < 4.78 is 40.2. The molecule has 0 saturated carbocycles. The van der Waals surface area contributed by atoms with Crippen LogP contribution in [0, 0.1) is 10.1 Å². The number of amides is 1. The lowest BCUT2D eigenvalue weighted by Gasteiger charge is -2.16. The van der Waals surface area contributed by atoms with E-state index in [-0.39, 0.29) is 23.9 Å². The largest absolute Gasteiger partial charge is 0.573 e. The summed E-state index contributed by atoms with van der Waals surface area (Å²) >= 11 is 0. The van der Waals surface area contributed by atoms with Crippen molar-refractivity contribution in [2.24, 2.45) is 0 Å². The van der Waals surface area contributed by atoms with Crippen molar-refractivity contribution in [2.45, 2.75) is 12.9 Å². The van der Waals surface area contributed by atoms with Crippen LogP contribution in [0.5, 0.6) is 5.75 Å². The molecule has 6 nitrogen and oxygen atoms in total. The molecular formula is C18H15F3N2O4. The number of carbonyl (C=O) groups is 1. The molecule has 142 valence electrons. The van der Waals surface area contributed by atoms with Crippen molar-refractivity contribution in [3.05, 3.63) is 75.8 Å². The number of rotatable bonds is 6. The van der Waals surface area contributed by atoms with E-state index in [0.29, 0.717) is 11.1 Å². The van der Waals surface area contributed by atoms with Crippen LogP contribution in [0.3, 0.4) is 0 Å². The molecule has 0 atom stereocenters. The summed E-state index contributed by atoms with van der Waals surface area (Å²) in [5.41, 5.74) is 1.03. The lowest BCUT2D eigenvalue weighted by molar-refractivity contribution is -0.384. The van der Waals surface area contributed by atoms with E-state index in [9.17, 15) is 28.1 Å². The lowest BCUT2D eigenvalue weighted by atomic mass is 10.2. The lowest BCUT2D eigenvalue weighted by Crippen LogP contribution is -2.24. The molecule has 0 spiro atoms. The van der Waals surface area contributed by atoms with Gasteiger partial charge in [-0.3, -0.25) is 14.9 Å². The number of benzene rings is 2. The van der Waals surface area contributed by atoms with Gasteiger partial charge < -0.3 is 9.64 Å². The van der Waals surface area contributed by atoms with E-state index in [1.165, 1.54) is 66.6 Å². The summed E-state index contributed by atoms with van der Waals surface area (Å²) in [6, 6.07) is 11.0. The van der Waals surface area contributed by atoms with E-state index < -0.39 is 11.3 Å². The molecule has 0 aromatic heterocycles. The molecule has 0 radical (unpaired) electrons. The first kappa shape index (κ1) is 20.0.